The van der Waals surface area contributed by atoms with Crippen molar-refractivity contribution in [1.82, 2.24) is 14.8 Å². The van der Waals surface area contributed by atoms with E-state index in [0.29, 0.717) is 5.75 Å². The molecule has 0 bridgehead atoms. The minimum atomic E-state index is -2.89. The van der Waals surface area contributed by atoms with E-state index in [0.717, 1.165) is 27.7 Å². The molecule has 0 saturated carbocycles. The van der Waals surface area contributed by atoms with Gasteiger partial charge in [-0.2, -0.15) is 8.78 Å². The maximum atomic E-state index is 12.4. The number of methoxy groups -OCH3 is 1. The van der Waals surface area contributed by atoms with Crippen molar-refractivity contribution in [1.29, 1.82) is 0 Å². The molecule has 3 rings (SSSR count). The average molecular weight is 391 g/mol. The van der Waals surface area contributed by atoms with E-state index in [2.05, 4.69) is 14.9 Å². The quantitative estimate of drug-likeness (QED) is 0.547. The molecule has 2 aromatic carbocycles. The Kier molecular flexibility index (Phi) is 5.95. The van der Waals surface area contributed by atoms with Gasteiger partial charge in [-0.15, -0.1) is 10.2 Å². The molecule has 0 aliphatic heterocycles. The van der Waals surface area contributed by atoms with Gasteiger partial charge in [-0.05, 0) is 30.2 Å². The fourth-order valence-corrected chi connectivity index (χ4v) is 3.50. The predicted molar refractivity (Wildman–Crippen MR) is 100 cm³/mol. The third kappa shape index (κ3) is 4.39. The van der Waals surface area contributed by atoms with Crippen molar-refractivity contribution < 1.29 is 18.3 Å². The number of alkyl halides is 2. The minimum Gasteiger partial charge on any atom is -0.493 e. The minimum absolute atomic E-state index is 0.0155. The molecule has 0 amide bonds. The molecule has 0 atom stereocenters. The van der Waals surface area contributed by atoms with Gasteiger partial charge in [0.2, 0.25) is 0 Å². The van der Waals surface area contributed by atoms with Gasteiger partial charge in [0.1, 0.15) is 0 Å². The first-order valence-electron chi connectivity index (χ1n) is 8.19. The molecule has 1 aromatic heterocycles. The van der Waals surface area contributed by atoms with Crippen molar-refractivity contribution >= 4 is 11.8 Å². The highest BCUT2D eigenvalue weighted by atomic mass is 32.2. The highest BCUT2D eigenvalue weighted by Gasteiger charge is 2.14. The smallest absolute Gasteiger partial charge is 0.387 e. The number of hydrogen-bond donors (Lipinski definition) is 0. The number of hydrogen-bond acceptors (Lipinski definition) is 5. The Hall–Kier alpha value is -2.61. The van der Waals surface area contributed by atoms with E-state index < -0.39 is 6.61 Å². The van der Waals surface area contributed by atoms with Crippen LogP contribution in [0.2, 0.25) is 0 Å². The van der Waals surface area contributed by atoms with E-state index in [4.69, 9.17) is 4.74 Å². The maximum Gasteiger partial charge on any atom is 0.387 e. The Morgan fingerprint density at radius 2 is 1.89 bits per heavy atom. The first-order chi connectivity index (χ1) is 13.0. The van der Waals surface area contributed by atoms with Gasteiger partial charge < -0.3 is 14.0 Å². The van der Waals surface area contributed by atoms with Crippen LogP contribution in [0.3, 0.4) is 0 Å². The number of aromatic nitrogens is 3. The number of rotatable bonds is 7. The molecule has 0 spiro atoms. The molecule has 0 N–H and O–H groups in total. The van der Waals surface area contributed by atoms with Crippen LogP contribution in [0.25, 0.3) is 11.4 Å². The van der Waals surface area contributed by atoms with E-state index in [1.165, 1.54) is 24.9 Å². The Morgan fingerprint density at radius 3 is 2.59 bits per heavy atom. The lowest BCUT2D eigenvalue weighted by atomic mass is 10.1. The second kappa shape index (κ2) is 8.39. The zero-order valence-electron chi connectivity index (χ0n) is 15.1. The van der Waals surface area contributed by atoms with Crippen molar-refractivity contribution in [3.63, 3.8) is 0 Å². The first kappa shape index (κ1) is 19.2. The monoisotopic (exact) mass is 391 g/mol. The standard InChI is InChI=1S/C19H19F2N3O2S/c1-12-6-4-5-7-14(12)17-22-23-19(24(17)2)27-11-13-8-9-15(26-18(20)21)16(10-13)25-3/h4-10,18H,11H2,1-3H3. The summed E-state index contributed by atoms with van der Waals surface area (Å²) in [6.45, 7) is -0.857. The average Bonchev–Trinajstić information content (AvgIpc) is 3.01. The van der Waals surface area contributed by atoms with Crippen LogP contribution in [0.4, 0.5) is 8.78 Å². The third-order valence-corrected chi connectivity index (χ3v) is 5.12. The van der Waals surface area contributed by atoms with Crippen molar-refractivity contribution in [2.24, 2.45) is 7.05 Å². The summed E-state index contributed by atoms with van der Waals surface area (Å²) >= 11 is 1.51. The zero-order valence-corrected chi connectivity index (χ0v) is 16.0. The molecule has 0 aliphatic carbocycles. The normalized spacial score (nSPS) is 11.0. The van der Waals surface area contributed by atoms with Crippen molar-refractivity contribution in [3.8, 4) is 22.9 Å². The van der Waals surface area contributed by atoms with Crippen LogP contribution in [0, 0.1) is 6.92 Å². The van der Waals surface area contributed by atoms with Crippen LogP contribution in [0.1, 0.15) is 11.1 Å². The summed E-state index contributed by atoms with van der Waals surface area (Å²) in [5, 5.41) is 9.34. The summed E-state index contributed by atoms with van der Waals surface area (Å²) in [6.07, 6.45) is 0. The Labute approximate surface area is 160 Å². The van der Waals surface area contributed by atoms with Gasteiger partial charge in [0.25, 0.3) is 0 Å². The summed E-state index contributed by atoms with van der Waals surface area (Å²) in [5.74, 6) is 1.67. The number of benzene rings is 2. The molecule has 0 radical (unpaired) electrons. The molecule has 27 heavy (non-hydrogen) atoms. The third-order valence-electron chi connectivity index (χ3n) is 4.03. The van der Waals surface area contributed by atoms with Gasteiger partial charge in [0, 0.05) is 18.4 Å². The maximum absolute atomic E-state index is 12.4. The molecule has 0 aliphatic rings. The molecular weight excluding hydrogens is 372 g/mol. The van der Waals surface area contributed by atoms with Crippen LogP contribution in [0.5, 0.6) is 11.5 Å². The molecule has 142 valence electrons. The molecule has 5 nitrogen and oxygen atoms in total. The van der Waals surface area contributed by atoms with Gasteiger partial charge in [0.05, 0.1) is 7.11 Å². The Balaban J connectivity index is 1.75. The summed E-state index contributed by atoms with van der Waals surface area (Å²) in [4.78, 5) is 0. The van der Waals surface area contributed by atoms with Gasteiger partial charge in [-0.1, -0.05) is 42.1 Å². The topological polar surface area (TPSA) is 49.2 Å². The number of aryl methyl sites for hydroxylation is 1. The Bertz CT molecular complexity index is 931. The molecule has 0 fully saturated rings. The second-order valence-electron chi connectivity index (χ2n) is 5.83. The lowest BCUT2D eigenvalue weighted by Gasteiger charge is -2.11. The summed E-state index contributed by atoms with van der Waals surface area (Å²) in [6, 6.07) is 12.9. The molecule has 0 saturated heterocycles. The van der Waals surface area contributed by atoms with Crippen LogP contribution >= 0.6 is 11.8 Å². The summed E-state index contributed by atoms with van der Waals surface area (Å²) < 4.78 is 36.4. The number of halogens is 2. The van der Waals surface area contributed by atoms with Gasteiger partial charge in [-0.25, -0.2) is 0 Å². The van der Waals surface area contributed by atoms with Gasteiger partial charge in [-0.3, -0.25) is 0 Å². The van der Waals surface area contributed by atoms with Crippen LogP contribution in [-0.4, -0.2) is 28.5 Å². The number of ether oxygens (including phenoxy) is 2. The van der Waals surface area contributed by atoms with E-state index in [9.17, 15) is 8.78 Å². The van der Waals surface area contributed by atoms with Crippen LogP contribution < -0.4 is 9.47 Å². The second-order valence-corrected chi connectivity index (χ2v) is 6.78. The number of nitrogens with zero attached hydrogens (tertiary/aromatic N) is 3. The number of thioether (sulfide) groups is 1. The highest BCUT2D eigenvalue weighted by Crippen LogP contribution is 2.32. The summed E-state index contributed by atoms with van der Waals surface area (Å²) in [7, 11) is 3.34. The largest absolute Gasteiger partial charge is 0.493 e. The van der Waals surface area contributed by atoms with Crippen molar-refractivity contribution in [2.45, 2.75) is 24.4 Å². The van der Waals surface area contributed by atoms with E-state index in [1.807, 2.05) is 42.8 Å². The Morgan fingerprint density at radius 1 is 1.11 bits per heavy atom. The molecule has 0 unspecified atom stereocenters. The predicted octanol–water partition coefficient (Wildman–Crippen LogP) is 4.69. The van der Waals surface area contributed by atoms with Gasteiger partial charge >= 0.3 is 6.61 Å². The fraction of sp³-hybridized carbons (Fsp3) is 0.263. The van der Waals surface area contributed by atoms with Crippen LogP contribution in [0.15, 0.2) is 47.6 Å². The molecule has 8 heteroatoms. The summed E-state index contributed by atoms with van der Waals surface area (Å²) in [5.41, 5.74) is 3.07. The van der Waals surface area contributed by atoms with Crippen molar-refractivity contribution in [2.75, 3.05) is 7.11 Å². The molecule has 1 heterocycles. The lowest BCUT2D eigenvalue weighted by molar-refractivity contribution is -0.0512. The van der Waals surface area contributed by atoms with E-state index in [1.54, 1.807) is 12.1 Å². The van der Waals surface area contributed by atoms with E-state index in [-0.39, 0.29) is 11.5 Å². The van der Waals surface area contributed by atoms with Crippen molar-refractivity contribution in [3.05, 3.63) is 53.6 Å². The first-order valence-corrected chi connectivity index (χ1v) is 9.18. The van der Waals surface area contributed by atoms with Gasteiger partial charge in [0.15, 0.2) is 22.5 Å². The molecular formula is C19H19F2N3O2S. The highest BCUT2D eigenvalue weighted by molar-refractivity contribution is 7.98. The van der Waals surface area contributed by atoms with E-state index >= 15 is 0 Å². The zero-order chi connectivity index (χ0) is 19.4. The fourth-order valence-electron chi connectivity index (χ4n) is 2.64. The lowest BCUT2D eigenvalue weighted by Crippen LogP contribution is -2.03. The molecule has 3 aromatic rings. The SMILES string of the molecule is COc1cc(CSc2nnc(-c3ccccc3C)n2C)ccc1OC(F)F. The van der Waals surface area contributed by atoms with Crippen LogP contribution in [-0.2, 0) is 12.8 Å².